The molecule has 3 aromatic rings. The fraction of sp³-hybridized carbons (Fsp3) is 0.261. The van der Waals surface area contributed by atoms with Crippen LogP contribution in [0.3, 0.4) is 0 Å². The Bertz CT molecular complexity index is 941. The summed E-state index contributed by atoms with van der Waals surface area (Å²) in [6.45, 7) is 10.9. The van der Waals surface area contributed by atoms with Crippen LogP contribution in [0.5, 0.6) is 0 Å². The third kappa shape index (κ3) is 3.76. The largest absolute Gasteiger partial charge is 0.318 e. The van der Waals surface area contributed by atoms with Crippen molar-refractivity contribution in [2.45, 2.75) is 40.0 Å². The van der Waals surface area contributed by atoms with Crippen LogP contribution in [0.25, 0.3) is 5.69 Å². The minimum atomic E-state index is 0.159. The van der Waals surface area contributed by atoms with E-state index in [2.05, 4.69) is 74.5 Å². The third-order valence-electron chi connectivity index (χ3n) is 4.66. The van der Waals surface area contributed by atoms with Gasteiger partial charge in [0, 0.05) is 28.9 Å². The Labute approximate surface area is 161 Å². The molecule has 3 rings (SSSR count). The number of aromatic nitrogens is 1. The van der Waals surface area contributed by atoms with Crippen molar-refractivity contribution in [1.82, 2.24) is 4.57 Å². The third-order valence-corrected chi connectivity index (χ3v) is 4.98. The van der Waals surface area contributed by atoms with Crippen molar-refractivity contribution in [3.8, 4) is 5.69 Å². The molecule has 2 aromatic carbocycles. The standard InChI is InChI=1S/C23H25ClN2/c1-16-14-18(15-25-22-9-7-6-8-21(22)24)17(2)26(16)20-12-10-19(11-13-20)23(3,4)5/h6-15H,1-5H3. The van der Waals surface area contributed by atoms with Gasteiger partial charge < -0.3 is 4.57 Å². The lowest BCUT2D eigenvalue weighted by atomic mass is 9.87. The van der Waals surface area contributed by atoms with Crippen LogP contribution < -0.4 is 0 Å². The molecule has 0 fully saturated rings. The van der Waals surface area contributed by atoms with Crippen molar-refractivity contribution in [2.24, 2.45) is 4.99 Å². The Hall–Kier alpha value is -2.32. The zero-order chi connectivity index (χ0) is 18.9. The van der Waals surface area contributed by atoms with Gasteiger partial charge in [0.1, 0.15) is 0 Å². The van der Waals surface area contributed by atoms with E-state index in [4.69, 9.17) is 11.6 Å². The summed E-state index contributed by atoms with van der Waals surface area (Å²) in [7, 11) is 0. The Morgan fingerprint density at radius 2 is 1.62 bits per heavy atom. The first-order valence-corrected chi connectivity index (χ1v) is 9.23. The van der Waals surface area contributed by atoms with Crippen LogP contribution >= 0.6 is 11.6 Å². The zero-order valence-electron chi connectivity index (χ0n) is 16.0. The van der Waals surface area contributed by atoms with E-state index in [0.717, 1.165) is 11.3 Å². The van der Waals surface area contributed by atoms with Crippen LogP contribution in [0.2, 0.25) is 5.02 Å². The van der Waals surface area contributed by atoms with Gasteiger partial charge in [-0.05, 0) is 55.2 Å². The van der Waals surface area contributed by atoms with Gasteiger partial charge in [-0.25, -0.2) is 0 Å². The summed E-state index contributed by atoms with van der Waals surface area (Å²) in [6.07, 6.45) is 1.89. The SMILES string of the molecule is Cc1cc(C=Nc2ccccc2Cl)c(C)n1-c1ccc(C(C)(C)C)cc1. The molecule has 0 atom stereocenters. The maximum absolute atomic E-state index is 6.20. The molecule has 0 aliphatic heterocycles. The molecule has 0 bridgehead atoms. The zero-order valence-corrected chi connectivity index (χ0v) is 16.8. The molecular formula is C23H25ClN2. The number of halogens is 1. The molecule has 134 valence electrons. The van der Waals surface area contributed by atoms with E-state index in [1.165, 1.54) is 22.6 Å². The van der Waals surface area contributed by atoms with Crippen LogP contribution in [0.1, 0.15) is 43.3 Å². The summed E-state index contributed by atoms with van der Waals surface area (Å²) in [4.78, 5) is 4.56. The molecule has 26 heavy (non-hydrogen) atoms. The highest BCUT2D eigenvalue weighted by Crippen LogP contribution is 2.27. The second-order valence-electron chi connectivity index (χ2n) is 7.67. The van der Waals surface area contributed by atoms with Gasteiger partial charge in [0.05, 0.1) is 10.7 Å². The molecule has 0 unspecified atom stereocenters. The Balaban J connectivity index is 1.95. The quantitative estimate of drug-likeness (QED) is 0.455. The lowest BCUT2D eigenvalue weighted by Gasteiger charge is -2.20. The average molecular weight is 365 g/mol. The van der Waals surface area contributed by atoms with E-state index >= 15 is 0 Å². The van der Waals surface area contributed by atoms with E-state index in [9.17, 15) is 0 Å². The molecule has 0 saturated heterocycles. The minimum Gasteiger partial charge on any atom is -0.318 e. The van der Waals surface area contributed by atoms with Crippen molar-refractivity contribution in [3.63, 3.8) is 0 Å². The van der Waals surface area contributed by atoms with Crippen molar-refractivity contribution >= 4 is 23.5 Å². The Morgan fingerprint density at radius 1 is 0.962 bits per heavy atom. The highest BCUT2D eigenvalue weighted by Gasteiger charge is 2.14. The first-order valence-electron chi connectivity index (χ1n) is 8.86. The van der Waals surface area contributed by atoms with Gasteiger partial charge in [-0.3, -0.25) is 4.99 Å². The van der Waals surface area contributed by atoms with Gasteiger partial charge in [0.2, 0.25) is 0 Å². The van der Waals surface area contributed by atoms with E-state index in [-0.39, 0.29) is 5.41 Å². The van der Waals surface area contributed by atoms with Gasteiger partial charge in [-0.2, -0.15) is 0 Å². The molecule has 0 saturated carbocycles. The number of hydrogen-bond acceptors (Lipinski definition) is 1. The van der Waals surface area contributed by atoms with Crippen molar-refractivity contribution in [1.29, 1.82) is 0 Å². The Morgan fingerprint density at radius 3 is 2.23 bits per heavy atom. The lowest BCUT2D eigenvalue weighted by Crippen LogP contribution is -2.11. The second-order valence-corrected chi connectivity index (χ2v) is 8.08. The van der Waals surface area contributed by atoms with Crippen LogP contribution in [-0.4, -0.2) is 10.8 Å². The van der Waals surface area contributed by atoms with Crippen LogP contribution in [0.4, 0.5) is 5.69 Å². The van der Waals surface area contributed by atoms with E-state index in [1.807, 2.05) is 30.5 Å². The van der Waals surface area contributed by atoms with E-state index in [1.54, 1.807) is 0 Å². The summed E-state index contributed by atoms with van der Waals surface area (Å²) in [5.41, 5.74) is 6.91. The molecule has 0 spiro atoms. The predicted molar refractivity (Wildman–Crippen MR) is 113 cm³/mol. The predicted octanol–water partition coefficient (Wildman–Crippen LogP) is 6.80. The smallest absolute Gasteiger partial charge is 0.0816 e. The summed E-state index contributed by atoms with van der Waals surface area (Å²) >= 11 is 6.20. The van der Waals surface area contributed by atoms with E-state index in [0.29, 0.717) is 5.02 Å². The van der Waals surface area contributed by atoms with Gasteiger partial charge in [0.15, 0.2) is 0 Å². The van der Waals surface area contributed by atoms with Crippen LogP contribution in [0, 0.1) is 13.8 Å². The van der Waals surface area contributed by atoms with Crippen LogP contribution in [-0.2, 0) is 5.41 Å². The monoisotopic (exact) mass is 364 g/mol. The van der Waals surface area contributed by atoms with Crippen LogP contribution in [0.15, 0.2) is 59.6 Å². The van der Waals surface area contributed by atoms with Crippen molar-refractivity contribution in [2.75, 3.05) is 0 Å². The van der Waals surface area contributed by atoms with Gasteiger partial charge in [-0.15, -0.1) is 0 Å². The summed E-state index contributed by atoms with van der Waals surface area (Å²) in [5.74, 6) is 0. The van der Waals surface area contributed by atoms with Gasteiger partial charge in [0.25, 0.3) is 0 Å². The molecule has 2 nitrogen and oxygen atoms in total. The first kappa shape index (κ1) is 18.5. The lowest BCUT2D eigenvalue weighted by molar-refractivity contribution is 0.590. The number of rotatable bonds is 3. The number of para-hydroxylation sites is 1. The summed E-state index contributed by atoms with van der Waals surface area (Å²) in [5, 5.41) is 0.662. The Kier molecular flexibility index (Phi) is 5.06. The van der Waals surface area contributed by atoms with Crippen molar-refractivity contribution in [3.05, 3.63) is 82.1 Å². The maximum atomic E-state index is 6.20. The van der Waals surface area contributed by atoms with Gasteiger partial charge in [-0.1, -0.05) is 56.6 Å². The normalized spacial score (nSPS) is 12.1. The fourth-order valence-corrected chi connectivity index (χ4v) is 3.31. The molecule has 0 radical (unpaired) electrons. The molecule has 1 aromatic heterocycles. The minimum absolute atomic E-state index is 0.159. The highest BCUT2D eigenvalue weighted by atomic mass is 35.5. The maximum Gasteiger partial charge on any atom is 0.0816 e. The topological polar surface area (TPSA) is 17.3 Å². The highest BCUT2D eigenvalue weighted by molar-refractivity contribution is 6.33. The van der Waals surface area contributed by atoms with Crippen molar-refractivity contribution < 1.29 is 0 Å². The van der Waals surface area contributed by atoms with Gasteiger partial charge >= 0.3 is 0 Å². The molecule has 0 amide bonds. The molecule has 1 heterocycles. The number of hydrogen-bond donors (Lipinski definition) is 0. The fourth-order valence-electron chi connectivity index (χ4n) is 3.12. The molecule has 0 aliphatic rings. The second kappa shape index (κ2) is 7.13. The molecule has 0 aliphatic carbocycles. The molecule has 3 heteroatoms. The number of benzene rings is 2. The van der Waals surface area contributed by atoms with E-state index < -0.39 is 0 Å². The summed E-state index contributed by atoms with van der Waals surface area (Å²) in [6, 6.07) is 18.6. The summed E-state index contributed by atoms with van der Waals surface area (Å²) < 4.78 is 2.26. The molecular weight excluding hydrogens is 340 g/mol. The first-order chi connectivity index (χ1) is 12.3. The number of aryl methyl sites for hydroxylation is 1. The number of aliphatic imine (C=N–C) groups is 1. The number of nitrogens with zero attached hydrogens (tertiary/aromatic N) is 2. The average Bonchev–Trinajstić information content (AvgIpc) is 2.87. The molecule has 0 N–H and O–H groups in total.